The third-order valence-electron chi connectivity index (χ3n) is 7.00. The van der Waals surface area contributed by atoms with E-state index in [0.29, 0.717) is 5.92 Å². The van der Waals surface area contributed by atoms with Crippen molar-refractivity contribution >= 4 is 35.1 Å². The molecule has 0 spiro atoms. The van der Waals surface area contributed by atoms with Gasteiger partial charge in [-0.1, -0.05) is 23.7 Å². The van der Waals surface area contributed by atoms with E-state index >= 15 is 0 Å². The molecule has 2 saturated heterocycles. The number of carbonyl (C=O) groups is 2. The van der Waals surface area contributed by atoms with Crippen LogP contribution in [0.4, 0.5) is 21.0 Å². The third kappa shape index (κ3) is 6.64. The molecule has 0 saturated carbocycles. The minimum absolute atomic E-state index is 0.0578. The van der Waals surface area contributed by atoms with Crippen molar-refractivity contribution in [2.45, 2.75) is 57.6 Å². The van der Waals surface area contributed by atoms with E-state index in [2.05, 4.69) is 22.3 Å². The lowest BCUT2D eigenvalue weighted by Crippen LogP contribution is -2.42. The number of nitrogens with one attached hydrogen (secondary N) is 1. The van der Waals surface area contributed by atoms with Crippen molar-refractivity contribution < 1.29 is 14.3 Å². The van der Waals surface area contributed by atoms with Gasteiger partial charge in [-0.05, 0) is 87.9 Å². The Balaban J connectivity index is 1.25. The summed E-state index contributed by atoms with van der Waals surface area (Å²) in [6, 6.07) is 16.0. The van der Waals surface area contributed by atoms with Crippen molar-refractivity contribution in [3.63, 3.8) is 0 Å². The van der Waals surface area contributed by atoms with E-state index in [-0.39, 0.29) is 18.2 Å². The summed E-state index contributed by atoms with van der Waals surface area (Å²) in [5.74, 6) is 0.462. The number of hydrogen-bond donors (Lipinski definition) is 1. The van der Waals surface area contributed by atoms with Gasteiger partial charge in [-0.2, -0.15) is 0 Å². The van der Waals surface area contributed by atoms with Gasteiger partial charge in [0.25, 0.3) is 0 Å². The van der Waals surface area contributed by atoms with Crippen LogP contribution in [0.25, 0.3) is 0 Å². The van der Waals surface area contributed by atoms with Crippen LogP contribution in [0.3, 0.4) is 0 Å². The van der Waals surface area contributed by atoms with Crippen molar-refractivity contribution in [3.05, 3.63) is 59.1 Å². The molecule has 2 heterocycles. The average Bonchev–Trinajstić information content (AvgIpc) is 3.34. The van der Waals surface area contributed by atoms with Crippen LogP contribution >= 0.6 is 11.6 Å². The number of anilines is 2. The monoisotopic (exact) mass is 512 g/mol. The lowest BCUT2D eigenvalue weighted by molar-refractivity contribution is 0.0238. The molecule has 0 aromatic heterocycles. The zero-order valence-corrected chi connectivity index (χ0v) is 22.4. The molecule has 2 aliphatic heterocycles. The Bertz CT molecular complexity index is 1040. The molecule has 2 aromatic rings. The number of likely N-dealkylation sites (N-methyl/N-ethyl adjacent to an activating group) is 1. The first kappa shape index (κ1) is 26.1. The van der Waals surface area contributed by atoms with E-state index in [9.17, 15) is 9.59 Å². The average molecular weight is 513 g/mol. The molecule has 36 heavy (non-hydrogen) atoms. The zero-order chi connectivity index (χ0) is 25.9. The summed E-state index contributed by atoms with van der Waals surface area (Å²) in [7, 11) is 1.80. The molecule has 2 aromatic carbocycles. The summed E-state index contributed by atoms with van der Waals surface area (Å²) < 4.78 is 5.51. The lowest BCUT2D eigenvalue weighted by atomic mass is 9.89. The molecule has 0 aliphatic carbocycles. The van der Waals surface area contributed by atoms with Crippen LogP contribution in [0.2, 0.25) is 5.02 Å². The normalized spacial score (nSPS) is 18.8. The number of benzene rings is 2. The minimum atomic E-state index is -0.503. The second kappa shape index (κ2) is 11.0. The lowest BCUT2D eigenvalue weighted by Gasteiger charge is -2.32. The number of urea groups is 1. The molecule has 0 radical (unpaired) electrons. The van der Waals surface area contributed by atoms with Gasteiger partial charge in [0.05, 0.1) is 6.04 Å². The van der Waals surface area contributed by atoms with Gasteiger partial charge < -0.3 is 24.8 Å². The smallest absolute Gasteiger partial charge is 0.410 e. The molecule has 1 N–H and O–H groups in total. The molecule has 2 fully saturated rings. The highest BCUT2D eigenvalue weighted by Crippen LogP contribution is 2.30. The number of ether oxygens (including phenoxy) is 1. The highest BCUT2D eigenvalue weighted by molar-refractivity contribution is 6.30. The van der Waals surface area contributed by atoms with E-state index in [4.69, 9.17) is 16.3 Å². The predicted molar refractivity (Wildman–Crippen MR) is 145 cm³/mol. The van der Waals surface area contributed by atoms with Gasteiger partial charge in [0.15, 0.2) is 0 Å². The Hall–Kier alpha value is -2.93. The van der Waals surface area contributed by atoms with Crippen molar-refractivity contribution in [1.82, 2.24) is 9.80 Å². The second-order valence-electron chi connectivity index (χ2n) is 10.8. The molecule has 194 valence electrons. The van der Waals surface area contributed by atoms with E-state index in [1.54, 1.807) is 11.9 Å². The molecule has 0 unspecified atom stereocenters. The Labute approximate surface area is 219 Å². The van der Waals surface area contributed by atoms with E-state index in [1.165, 1.54) is 5.56 Å². The number of rotatable bonds is 4. The Morgan fingerprint density at radius 2 is 1.61 bits per heavy atom. The van der Waals surface area contributed by atoms with Crippen LogP contribution in [0.5, 0.6) is 0 Å². The van der Waals surface area contributed by atoms with Gasteiger partial charge in [0.2, 0.25) is 0 Å². The number of likely N-dealkylation sites (tertiary alicyclic amines) is 1. The summed E-state index contributed by atoms with van der Waals surface area (Å²) in [4.78, 5) is 31.1. The summed E-state index contributed by atoms with van der Waals surface area (Å²) >= 11 is 6.01. The van der Waals surface area contributed by atoms with Crippen LogP contribution in [-0.2, 0) is 4.74 Å². The fourth-order valence-electron chi connectivity index (χ4n) is 4.88. The zero-order valence-electron chi connectivity index (χ0n) is 21.7. The Morgan fingerprint density at radius 3 is 2.22 bits per heavy atom. The topological polar surface area (TPSA) is 65.1 Å². The first-order chi connectivity index (χ1) is 17.1. The van der Waals surface area contributed by atoms with E-state index in [0.717, 1.165) is 61.8 Å². The largest absolute Gasteiger partial charge is 0.444 e. The number of amides is 3. The number of carbonyl (C=O) groups excluding carboxylic acids is 2. The maximum atomic E-state index is 12.8. The number of halogens is 1. The maximum Gasteiger partial charge on any atom is 0.410 e. The van der Waals surface area contributed by atoms with Crippen molar-refractivity contribution in [1.29, 1.82) is 0 Å². The predicted octanol–water partition coefficient (Wildman–Crippen LogP) is 6.20. The second-order valence-corrected chi connectivity index (χ2v) is 11.2. The van der Waals surface area contributed by atoms with Gasteiger partial charge in [-0.3, -0.25) is 0 Å². The van der Waals surface area contributed by atoms with Crippen LogP contribution in [-0.4, -0.2) is 66.8 Å². The number of hydrogen-bond acceptors (Lipinski definition) is 4. The van der Waals surface area contributed by atoms with Gasteiger partial charge in [-0.15, -0.1) is 0 Å². The van der Waals surface area contributed by atoms with Gasteiger partial charge >= 0.3 is 12.1 Å². The Kier molecular flexibility index (Phi) is 7.98. The minimum Gasteiger partial charge on any atom is -0.444 e. The van der Waals surface area contributed by atoms with Crippen molar-refractivity contribution in [2.75, 3.05) is 43.4 Å². The summed E-state index contributed by atoms with van der Waals surface area (Å²) in [6.45, 7) is 8.72. The van der Waals surface area contributed by atoms with Crippen LogP contribution in [0.15, 0.2) is 48.5 Å². The van der Waals surface area contributed by atoms with Gasteiger partial charge in [0, 0.05) is 49.6 Å². The third-order valence-corrected chi connectivity index (χ3v) is 7.25. The van der Waals surface area contributed by atoms with Crippen molar-refractivity contribution in [3.8, 4) is 0 Å². The summed E-state index contributed by atoms with van der Waals surface area (Å²) in [5.41, 5.74) is 2.65. The molecule has 7 nitrogen and oxygen atoms in total. The number of nitrogens with zero attached hydrogens (tertiary/aromatic N) is 3. The fraction of sp³-hybridized carbons (Fsp3) is 0.500. The van der Waals surface area contributed by atoms with Crippen molar-refractivity contribution in [2.24, 2.45) is 0 Å². The molecule has 3 amide bonds. The van der Waals surface area contributed by atoms with Crippen LogP contribution in [0, 0.1) is 0 Å². The molecule has 1 atom stereocenters. The quantitative estimate of drug-likeness (QED) is 0.530. The highest BCUT2D eigenvalue weighted by Gasteiger charge is 2.31. The van der Waals surface area contributed by atoms with Crippen LogP contribution < -0.4 is 10.2 Å². The first-order valence-corrected chi connectivity index (χ1v) is 13.1. The maximum absolute atomic E-state index is 12.8. The fourth-order valence-corrected chi connectivity index (χ4v) is 5.01. The van der Waals surface area contributed by atoms with Gasteiger partial charge in [-0.25, -0.2) is 9.59 Å². The van der Waals surface area contributed by atoms with Gasteiger partial charge in [0.1, 0.15) is 5.60 Å². The van der Waals surface area contributed by atoms with E-state index < -0.39 is 5.60 Å². The summed E-state index contributed by atoms with van der Waals surface area (Å²) in [5, 5.41) is 3.79. The molecule has 4 rings (SSSR count). The standard InChI is InChI=1S/C28H37ClN4O3/c1-28(2,3)36-27(35)31(4)25-15-18-33(19-25)24-11-9-23(10-12-24)30-26(34)32-16-13-21(14-17-32)20-5-7-22(29)8-6-20/h5-12,21,25H,13-19H2,1-4H3,(H,30,34)/t25-/m1/s1. The highest BCUT2D eigenvalue weighted by atomic mass is 35.5. The Morgan fingerprint density at radius 1 is 0.972 bits per heavy atom. The molecule has 0 bridgehead atoms. The molecular weight excluding hydrogens is 476 g/mol. The number of piperidine rings is 1. The first-order valence-electron chi connectivity index (χ1n) is 12.7. The molecule has 8 heteroatoms. The van der Waals surface area contributed by atoms with Crippen LogP contribution in [0.1, 0.15) is 51.5 Å². The SMILES string of the molecule is CN(C(=O)OC(C)(C)C)[C@@H]1CCN(c2ccc(NC(=O)N3CCC(c4ccc(Cl)cc4)CC3)cc2)C1. The summed E-state index contributed by atoms with van der Waals surface area (Å²) in [6.07, 6.45) is 2.49. The molecular formula is C28H37ClN4O3. The van der Waals surface area contributed by atoms with E-state index in [1.807, 2.05) is 62.1 Å². The molecule has 2 aliphatic rings.